The lowest BCUT2D eigenvalue weighted by molar-refractivity contribution is -0.137. The van der Waals surface area contributed by atoms with Crippen molar-refractivity contribution >= 4 is 11.9 Å². The van der Waals surface area contributed by atoms with Gasteiger partial charge < -0.3 is 39.5 Å². The summed E-state index contributed by atoms with van der Waals surface area (Å²) in [5.41, 5.74) is 0. The predicted octanol–water partition coefficient (Wildman–Crippen LogP) is -1.46. The molecule has 3 heterocycles. The number of urea groups is 1. The molecule has 0 radical (unpaired) electrons. The molecule has 3 fully saturated rings. The van der Waals surface area contributed by atoms with Crippen molar-refractivity contribution in [2.24, 2.45) is 0 Å². The Kier molecular flexibility index (Phi) is 7.47. The van der Waals surface area contributed by atoms with Gasteiger partial charge in [-0.2, -0.15) is 0 Å². The topological polar surface area (TPSA) is 121 Å². The van der Waals surface area contributed by atoms with Crippen LogP contribution < -0.4 is 5.32 Å². The van der Waals surface area contributed by atoms with Gasteiger partial charge in [0, 0.05) is 33.3 Å². The van der Waals surface area contributed by atoms with Gasteiger partial charge in [0.15, 0.2) is 0 Å². The van der Waals surface area contributed by atoms with E-state index in [1.165, 1.54) is 0 Å². The molecule has 28 heavy (non-hydrogen) atoms. The lowest BCUT2D eigenvalue weighted by Crippen LogP contribution is -2.49. The van der Waals surface area contributed by atoms with Crippen molar-refractivity contribution in [3.63, 3.8) is 0 Å². The summed E-state index contributed by atoms with van der Waals surface area (Å²) in [6.45, 7) is 3.24. The molecule has 3 saturated heterocycles. The summed E-state index contributed by atoms with van der Waals surface area (Å²) in [6, 6.07) is -0.211. The van der Waals surface area contributed by atoms with Crippen LogP contribution in [0.1, 0.15) is 19.3 Å². The SMILES string of the molecule is COC[C@H]1CCCN1C(=O)C[C@@H]1O[C@H](CNC(=O)N2CCOCC2)[C@@H](O)[C@H]1O. The smallest absolute Gasteiger partial charge is 0.317 e. The Balaban J connectivity index is 1.48. The van der Waals surface area contributed by atoms with Gasteiger partial charge in [-0.1, -0.05) is 0 Å². The van der Waals surface area contributed by atoms with E-state index >= 15 is 0 Å². The standard InChI is InChI=1S/C18H31N3O7/c1-26-11-12-3-2-4-21(12)15(22)9-13-16(23)17(24)14(28-13)10-19-18(25)20-5-7-27-8-6-20/h12-14,16-17,23-24H,2-11H2,1H3,(H,19,25)/t12-,13+,14-,16+,17-/m1/s1. The minimum atomic E-state index is -1.17. The van der Waals surface area contributed by atoms with Gasteiger partial charge in [0.2, 0.25) is 5.91 Å². The molecule has 3 rings (SSSR count). The highest BCUT2D eigenvalue weighted by Gasteiger charge is 2.44. The third-order valence-corrected chi connectivity index (χ3v) is 5.65. The molecule has 0 spiro atoms. The average molecular weight is 401 g/mol. The third kappa shape index (κ3) is 4.93. The number of nitrogens with one attached hydrogen (secondary N) is 1. The van der Waals surface area contributed by atoms with E-state index in [1.807, 2.05) is 0 Å². The van der Waals surface area contributed by atoms with Crippen LogP contribution in [0.2, 0.25) is 0 Å². The normalized spacial score (nSPS) is 33.3. The molecule has 0 unspecified atom stereocenters. The molecule has 0 aromatic heterocycles. The number of hydrogen-bond donors (Lipinski definition) is 3. The minimum absolute atomic E-state index is 0.00759. The molecule has 0 aromatic carbocycles. The van der Waals surface area contributed by atoms with E-state index in [-0.39, 0.29) is 30.9 Å². The van der Waals surface area contributed by atoms with E-state index < -0.39 is 24.4 Å². The van der Waals surface area contributed by atoms with Crippen molar-refractivity contribution in [3.8, 4) is 0 Å². The summed E-state index contributed by atoms with van der Waals surface area (Å²) < 4.78 is 16.1. The summed E-state index contributed by atoms with van der Waals surface area (Å²) in [6.07, 6.45) is -2.07. The fourth-order valence-electron chi connectivity index (χ4n) is 4.05. The number of amides is 3. The highest BCUT2D eigenvalue weighted by atomic mass is 16.5. The molecule has 3 N–H and O–H groups in total. The molecule has 0 bridgehead atoms. The van der Waals surface area contributed by atoms with E-state index in [0.29, 0.717) is 39.5 Å². The van der Waals surface area contributed by atoms with Crippen molar-refractivity contribution < 1.29 is 34.0 Å². The number of ether oxygens (including phenoxy) is 3. The summed E-state index contributed by atoms with van der Waals surface area (Å²) in [7, 11) is 1.61. The van der Waals surface area contributed by atoms with Crippen molar-refractivity contribution in [2.45, 2.75) is 49.7 Å². The molecule has 10 heteroatoms. The molecule has 3 amide bonds. The quantitative estimate of drug-likeness (QED) is 0.498. The molecule has 3 aliphatic rings. The molecule has 0 aromatic rings. The number of hydrogen-bond acceptors (Lipinski definition) is 7. The zero-order valence-electron chi connectivity index (χ0n) is 16.3. The van der Waals surface area contributed by atoms with Crippen LogP contribution in [0.25, 0.3) is 0 Å². The Morgan fingerprint density at radius 1 is 1.14 bits per heavy atom. The molecular weight excluding hydrogens is 370 g/mol. The first-order valence-electron chi connectivity index (χ1n) is 9.91. The van der Waals surface area contributed by atoms with Gasteiger partial charge in [0.05, 0.1) is 38.4 Å². The van der Waals surface area contributed by atoms with Crippen molar-refractivity contribution in [3.05, 3.63) is 0 Å². The number of nitrogens with zero attached hydrogens (tertiary/aromatic N) is 2. The Bertz CT molecular complexity index is 543. The molecule has 3 aliphatic heterocycles. The van der Waals surface area contributed by atoms with Crippen LogP contribution in [0.4, 0.5) is 4.79 Å². The van der Waals surface area contributed by atoms with Crippen LogP contribution >= 0.6 is 0 Å². The number of morpholine rings is 1. The predicted molar refractivity (Wildman–Crippen MR) is 97.7 cm³/mol. The molecule has 0 saturated carbocycles. The number of rotatable bonds is 6. The van der Waals surface area contributed by atoms with Crippen LogP contribution in [0.5, 0.6) is 0 Å². The first-order valence-corrected chi connectivity index (χ1v) is 9.91. The van der Waals surface area contributed by atoms with E-state index in [0.717, 1.165) is 12.8 Å². The summed E-state index contributed by atoms with van der Waals surface area (Å²) in [5, 5.41) is 23.3. The molecule has 5 atom stereocenters. The number of carbonyl (C=O) groups excluding carboxylic acids is 2. The number of methoxy groups -OCH3 is 1. The Labute approximate surface area is 164 Å². The van der Waals surface area contributed by atoms with E-state index in [1.54, 1.807) is 16.9 Å². The summed E-state index contributed by atoms with van der Waals surface area (Å²) in [4.78, 5) is 28.2. The van der Waals surface area contributed by atoms with Gasteiger partial charge in [-0.15, -0.1) is 0 Å². The second-order valence-electron chi connectivity index (χ2n) is 7.52. The maximum Gasteiger partial charge on any atom is 0.317 e. The lowest BCUT2D eigenvalue weighted by atomic mass is 10.0. The highest BCUT2D eigenvalue weighted by Crippen LogP contribution is 2.26. The van der Waals surface area contributed by atoms with Crippen molar-refractivity contribution in [1.82, 2.24) is 15.1 Å². The van der Waals surface area contributed by atoms with Crippen LogP contribution in [0.3, 0.4) is 0 Å². The second-order valence-corrected chi connectivity index (χ2v) is 7.52. The van der Waals surface area contributed by atoms with E-state index in [4.69, 9.17) is 14.2 Å². The number of aliphatic hydroxyl groups excluding tert-OH is 2. The fraction of sp³-hybridized carbons (Fsp3) is 0.889. The molecule has 160 valence electrons. The van der Waals surface area contributed by atoms with Gasteiger partial charge in [-0.05, 0) is 12.8 Å². The van der Waals surface area contributed by atoms with Crippen LogP contribution in [-0.2, 0) is 19.0 Å². The van der Waals surface area contributed by atoms with Gasteiger partial charge >= 0.3 is 6.03 Å². The second kappa shape index (κ2) is 9.84. The van der Waals surface area contributed by atoms with Crippen LogP contribution in [0, 0.1) is 0 Å². The molecular formula is C18H31N3O7. The zero-order chi connectivity index (χ0) is 20.1. The van der Waals surface area contributed by atoms with E-state index in [9.17, 15) is 19.8 Å². The molecule has 0 aliphatic carbocycles. The first-order chi connectivity index (χ1) is 13.5. The monoisotopic (exact) mass is 401 g/mol. The van der Waals surface area contributed by atoms with Crippen LogP contribution in [0.15, 0.2) is 0 Å². The largest absolute Gasteiger partial charge is 0.388 e. The Morgan fingerprint density at radius 2 is 1.86 bits per heavy atom. The maximum atomic E-state index is 12.6. The first kappa shape index (κ1) is 21.3. The van der Waals surface area contributed by atoms with E-state index in [2.05, 4.69) is 5.32 Å². The van der Waals surface area contributed by atoms with Gasteiger partial charge in [-0.25, -0.2) is 4.79 Å². The van der Waals surface area contributed by atoms with Crippen molar-refractivity contribution in [1.29, 1.82) is 0 Å². The number of aliphatic hydroxyl groups is 2. The third-order valence-electron chi connectivity index (χ3n) is 5.65. The van der Waals surface area contributed by atoms with Gasteiger partial charge in [0.1, 0.15) is 18.3 Å². The fourth-order valence-corrected chi connectivity index (χ4v) is 4.05. The van der Waals surface area contributed by atoms with Gasteiger partial charge in [-0.3, -0.25) is 4.79 Å². The summed E-state index contributed by atoms with van der Waals surface area (Å²) >= 11 is 0. The van der Waals surface area contributed by atoms with Gasteiger partial charge in [0.25, 0.3) is 0 Å². The number of likely N-dealkylation sites (tertiary alicyclic amines) is 1. The Morgan fingerprint density at radius 3 is 2.57 bits per heavy atom. The zero-order valence-corrected chi connectivity index (χ0v) is 16.3. The van der Waals surface area contributed by atoms with Crippen molar-refractivity contribution in [2.75, 3.05) is 53.1 Å². The number of carbonyl (C=O) groups is 2. The Hall–Kier alpha value is -1.46. The summed E-state index contributed by atoms with van der Waals surface area (Å²) in [5.74, 6) is -0.117. The maximum absolute atomic E-state index is 12.6. The highest BCUT2D eigenvalue weighted by molar-refractivity contribution is 5.77. The average Bonchev–Trinajstić information content (AvgIpc) is 3.27. The minimum Gasteiger partial charge on any atom is -0.388 e. The lowest BCUT2D eigenvalue weighted by Gasteiger charge is -2.27. The molecule has 10 nitrogen and oxygen atoms in total. The van der Waals surface area contributed by atoms with Crippen LogP contribution in [-0.4, -0.2) is 116 Å².